The summed E-state index contributed by atoms with van der Waals surface area (Å²) >= 11 is 0. The van der Waals surface area contributed by atoms with Crippen molar-refractivity contribution in [2.75, 3.05) is 0 Å². The number of hydrogen-bond acceptors (Lipinski definition) is 6. The van der Waals surface area contributed by atoms with Crippen molar-refractivity contribution in [1.29, 1.82) is 0 Å². The minimum Gasteiger partial charge on any atom is -0.416 e. The summed E-state index contributed by atoms with van der Waals surface area (Å²) in [5.41, 5.74) is 0. The molecule has 0 amide bonds. The summed E-state index contributed by atoms with van der Waals surface area (Å²) in [5, 5.41) is 10.1. The predicted octanol–water partition coefficient (Wildman–Crippen LogP) is 5.51. The molecule has 2 aliphatic carbocycles. The Bertz CT molecular complexity index is 610. The first kappa shape index (κ1) is 25.7. The molecule has 2 heterocycles. The minimum atomic E-state index is -2.42. The molecule has 5 atom stereocenters. The molecule has 10 heteroatoms. The van der Waals surface area contributed by atoms with E-state index in [9.17, 15) is 5.11 Å². The Hall–Kier alpha value is 0.628. The van der Waals surface area contributed by atoms with Crippen LogP contribution in [0.1, 0.15) is 57.8 Å². The highest BCUT2D eigenvalue weighted by molar-refractivity contribution is 6.93. The highest BCUT2D eigenvalue weighted by Gasteiger charge is 2.54. The van der Waals surface area contributed by atoms with Crippen LogP contribution in [0.2, 0.25) is 51.4 Å². The summed E-state index contributed by atoms with van der Waals surface area (Å²) in [6, 6.07) is 1.99. The van der Waals surface area contributed by atoms with E-state index in [0.29, 0.717) is 18.1 Å². The predicted molar refractivity (Wildman–Crippen MR) is 135 cm³/mol. The van der Waals surface area contributed by atoms with Gasteiger partial charge in [0, 0.05) is 0 Å². The SMILES string of the molecule is C[Si]1(C)O[Si](C)(CCC2CCCC(O)C2)O[Si](C)(C)O[Si](C)(CCC2CCC3OC3C2)O1. The molecule has 0 bridgehead atoms. The lowest BCUT2D eigenvalue weighted by atomic mass is 9.86. The third-order valence-corrected chi connectivity index (χ3v) is 24.9. The van der Waals surface area contributed by atoms with E-state index < -0.39 is 34.2 Å². The van der Waals surface area contributed by atoms with Gasteiger partial charge in [-0.2, -0.15) is 0 Å². The first-order chi connectivity index (χ1) is 14.8. The minimum absolute atomic E-state index is 0.126. The van der Waals surface area contributed by atoms with Crippen LogP contribution in [-0.4, -0.2) is 57.7 Å². The molecule has 4 rings (SSSR count). The van der Waals surface area contributed by atoms with E-state index in [0.717, 1.165) is 43.7 Å². The van der Waals surface area contributed by atoms with Crippen LogP contribution in [0.5, 0.6) is 0 Å². The Balaban J connectivity index is 1.38. The fourth-order valence-electron chi connectivity index (χ4n) is 6.57. The molecule has 0 aromatic rings. The monoisotopic (exact) mass is 518 g/mol. The van der Waals surface area contributed by atoms with Crippen molar-refractivity contribution in [2.24, 2.45) is 11.8 Å². The second-order valence-electron chi connectivity index (χ2n) is 12.1. The second-order valence-corrected chi connectivity index (χ2v) is 26.5. The van der Waals surface area contributed by atoms with Crippen molar-refractivity contribution < 1.29 is 26.3 Å². The normalized spacial score (nSPS) is 46.0. The number of rotatable bonds is 6. The summed E-state index contributed by atoms with van der Waals surface area (Å²) in [6.07, 6.45) is 11.2. The highest BCUT2D eigenvalue weighted by Crippen LogP contribution is 2.43. The molecule has 0 spiro atoms. The van der Waals surface area contributed by atoms with Crippen LogP contribution in [0.15, 0.2) is 0 Å². The number of fused-ring (bicyclic) bond motifs is 1. The van der Waals surface area contributed by atoms with Gasteiger partial charge in [0.15, 0.2) is 0 Å². The Labute approximate surface area is 199 Å². The second kappa shape index (κ2) is 9.59. The Morgan fingerprint density at radius 1 is 0.656 bits per heavy atom. The van der Waals surface area contributed by atoms with E-state index in [-0.39, 0.29) is 6.10 Å². The van der Waals surface area contributed by atoms with Gasteiger partial charge in [-0.3, -0.25) is 0 Å². The van der Waals surface area contributed by atoms with Gasteiger partial charge in [0.1, 0.15) is 0 Å². The molecule has 2 aliphatic heterocycles. The van der Waals surface area contributed by atoms with E-state index in [1.54, 1.807) is 0 Å². The molecule has 2 saturated carbocycles. The average molecular weight is 519 g/mol. The molecule has 4 aliphatic rings. The summed E-state index contributed by atoms with van der Waals surface area (Å²) in [4.78, 5) is 0. The topological polar surface area (TPSA) is 69.7 Å². The van der Waals surface area contributed by atoms with Gasteiger partial charge in [-0.25, -0.2) is 0 Å². The fraction of sp³-hybridized carbons (Fsp3) is 1.00. The lowest BCUT2D eigenvalue weighted by Gasteiger charge is -2.49. The molecule has 2 saturated heterocycles. The van der Waals surface area contributed by atoms with E-state index in [4.69, 9.17) is 21.2 Å². The van der Waals surface area contributed by atoms with Crippen LogP contribution in [-0.2, 0) is 21.2 Å². The van der Waals surface area contributed by atoms with Crippen molar-refractivity contribution in [3.05, 3.63) is 0 Å². The van der Waals surface area contributed by atoms with Gasteiger partial charge in [-0.1, -0.05) is 12.8 Å². The van der Waals surface area contributed by atoms with Crippen LogP contribution < -0.4 is 0 Å². The van der Waals surface area contributed by atoms with Crippen LogP contribution in [0, 0.1) is 11.8 Å². The zero-order chi connectivity index (χ0) is 23.2. The average Bonchev–Trinajstić information content (AvgIpc) is 3.41. The maximum absolute atomic E-state index is 10.1. The molecular weight excluding hydrogens is 473 g/mol. The molecular formula is C22H46O6Si4. The zero-order valence-corrected chi connectivity index (χ0v) is 25.2. The van der Waals surface area contributed by atoms with Gasteiger partial charge in [0.05, 0.1) is 18.3 Å². The van der Waals surface area contributed by atoms with Gasteiger partial charge in [0.25, 0.3) is 0 Å². The number of ether oxygens (including phenoxy) is 1. The van der Waals surface area contributed by atoms with E-state index in [1.807, 2.05) is 0 Å². The van der Waals surface area contributed by atoms with Crippen molar-refractivity contribution in [3.63, 3.8) is 0 Å². The van der Waals surface area contributed by atoms with Gasteiger partial charge in [-0.15, -0.1) is 0 Å². The summed E-state index contributed by atoms with van der Waals surface area (Å²) in [7, 11) is -9.56. The number of aliphatic hydroxyl groups excluding tert-OH is 1. The number of epoxide rings is 1. The Morgan fingerprint density at radius 2 is 1.19 bits per heavy atom. The van der Waals surface area contributed by atoms with E-state index in [2.05, 4.69) is 39.3 Å². The first-order valence-corrected chi connectivity index (χ1v) is 23.7. The van der Waals surface area contributed by atoms with Gasteiger partial charge in [0.2, 0.25) is 0 Å². The Morgan fingerprint density at radius 3 is 1.69 bits per heavy atom. The lowest BCUT2D eigenvalue weighted by molar-refractivity contribution is 0.0987. The summed E-state index contributed by atoms with van der Waals surface area (Å²) < 4.78 is 33.3. The highest BCUT2D eigenvalue weighted by atomic mass is 28.5. The summed E-state index contributed by atoms with van der Waals surface area (Å²) in [6.45, 7) is 13.2. The van der Waals surface area contributed by atoms with Crippen molar-refractivity contribution in [1.82, 2.24) is 0 Å². The van der Waals surface area contributed by atoms with Crippen LogP contribution >= 0.6 is 0 Å². The lowest BCUT2D eigenvalue weighted by Crippen LogP contribution is -2.65. The van der Waals surface area contributed by atoms with Crippen molar-refractivity contribution >= 4 is 34.2 Å². The quantitative estimate of drug-likeness (QED) is 0.369. The van der Waals surface area contributed by atoms with Gasteiger partial charge >= 0.3 is 34.2 Å². The summed E-state index contributed by atoms with van der Waals surface area (Å²) in [5.74, 6) is 1.32. The maximum Gasteiger partial charge on any atom is 0.317 e. The molecule has 1 N–H and O–H groups in total. The molecule has 186 valence electrons. The molecule has 32 heavy (non-hydrogen) atoms. The third kappa shape index (κ3) is 7.08. The Kier molecular flexibility index (Phi) is 7.70. The third-order valence-electron chi connectivity index (χ3n) is 7.73. The molecule has 5 unspecified atom stereocenters. The van der Waals surface area contributed by atoms with Gasteiger partial charge < -0.3 is 26.3 Å². The van der Waals surface area contributed by atoms with Crippen LogP contribution in [0.25, 0.3) is 0 Å². The smallest absolute Gasteiger partial charge is 0.317 e. The first-order valence-electron chi connectivity index (χ1n) is 13.0. The number of hydrogen-bond donors (Lipinski definition) is 1. The molecule has 0 radical (unpaired) electrons. The fourth-order valence-corrected chi connectivity index (χ4v) is 28.9. The zero-order valence-electron chi connectivity index (χ0n) is 21.2. The molecule has 4 fully saturated rings. The standard InChI is InChI=1S/C22H46O6Si4/c1-29(2)25-31(5,14-12-18-8-7-9-20(23)16-18)26-30(3,4)28-32(6,27-29)15-13-19-10-11-21-22(17-19)24-21/h18-23H,7-17H2,1-6H3. The maximum atomic E-state index is 10.1. The molecule has 0 aromatic heterocycles. The van der Waals surface area contributed by atoms with Crippen LogP contribution in [0.3, 0.4) is 0 Å². The van der Waals surface area contributed by atoms with E-state index >= 15 is 0 Å². The van der Waals surface area contributed by atoms with Crippen LogP contribution in [0.4, 0.5) is 0 Å². The van der Waals surface area contributed by atoms with E-state index in [1.165, 1.54) is 32.1 Å². The molecule has 6 nitrogen and oxygen atoms in total. The van der Waals surface area contributed by atoms with Crippen molar-refractivity contribution in [2.45, 2.75) is 127 Å². The number of aliphatic hydroxyl groups is 1. The van der Waals surface area contributed by atoms with Gasteiger partial charge in [-0.05, 0) is 108 Å². The van der Waals surface area contributed by atoms with Crippen molar-refractivity contribution in [3.8, 4) is 0 Å². The molecule has 0 aromatic carbocycles. The largest absolute Gasteiger partial charge is 0.416 e.